The van der Waals surface area contributed by atoms with Crippen molar-refractivity contribution in [1.29, 1.82) is 0 Å². The van der Waals surface area contributed by atoms with Crippen molar-refractivity contribution in [2.75, 3.05) is 0 Å². The van der Waals surface area contributed by atoms with Gasteiger partial charge in [-0.15, -0.1) is 0 Å². The molecule has 0 aromatic heterocycles. The molecule has 0 saturated heterocycles. The molecular formula is H4CoFeLiNiO4P. The summed E-state index contributed by atoms with van der Waals surface area (Å²) in [5, 5.41) is 0. The zero-order valence-corrected chi connectivity index (χ0v) is 8.23. The predicted molar refractivity (Wildman–Crippen MR) is 15.4 cm³/mol. The van der Waals surface area contributed by atoms with Crippen molar-refractivity contribution < 1.29 is 89.9 Å². The fourth-order valence-corrected chi connectivity index (χ4v) is 0. The average molecular weight is 279 g/mol. The van der Waals surface area contributed by atoms with Gasteiger partial charge in [-0.2, -0.15) is 0 Å². The molecule has 0 unspecified atom stereocenters. The van der Waals surface area contributed by atoms with Gasteiger partial charge in [0.1, 0.15) is 0 Å². The van der Waals surface area contributed by atoms with Gasteiger partial charge in [0, 0.05) is 50.3 Å². The maximum atomic E-state index is 8.88. The van der Waals surface area contributed by atoms with Gasteiger partial charge < -0.3 is 16.1 Å². The molecule has 0 saturated carbocycles. The van der Waals surface area contributed by atoms with E-state index in [4.69, 9.17) is 19.2 Å². The average Bonchev–Trinajstić information content (AvgIpc) is 0.722. The SMILES string of the molecule is O=P(O)(O)O.[Co].[Fe].[H-].[Li+].[Ni]. The zero-order chi connectivity index (χ0) is 4.50. The van der Waals surface area contributed by atoms with Crippen molar-refractivity contribution in [3.8, 4) is 0 Å². The van der Waals surface area contributed by atoms with Crippen molar-refractivity contribution in [3.63, 3.8) is 0 Å². The van der Waals surface area contributed by atoms with Gasteiger partial charge in [-0.1, -0.05) is 0 Å². The first-order valence-electron chi connectivity index (χ1n) is 0.783. The van der Waals surface area contributed by atoms with E-state index in [1.165, 1.54) is 0 Å². The molecule has 0 aliphatic carbocycles. The van der Waals surface area contributed by atoms with Crippen molar-refractivity contribution in [3.05, 3.63) is 0 Å². The first-order chi connectivity index (χ1) is 2.00. The first-order valence-corrected chi connectivity index (χ1v) is 2.35. The topological polar surface area (TPSA) is 77.8 Å². The molecule has 0 atom stereocenters. The quantitative estimate of drug-likeness (QED) is 0.314. The molecule has 3 N–H and O–H groups in total. The van der Waals surface area contributed by atoms with E-state index in [2.05, 4.69) is 0 Å². The summed E-state index contributed by atoms with van der Waals surface area (Å²) in [7, 11) is -4.64. The molecule has 0 bridgehead atoms. The molecule has 0 rings (SSSR count). The number of hydrogen-bond acceptors (Lipinski definition) is 1. The maximum absolute atomic E-state index is 8.88. The van der Waals surface area contributed by atoms with Gasteiger partial charge in [0.05, 0.1) is 0 Å². The van der Waals surface area contributed by atoms with Gasteiger partial charge >= 0.3 is 26.7 Å². The van der Waals surface area contributed by atoms with E-state index in [-0.39, 0.29) is 70.6 Å². The van der Waals surface area contributed by atoms with Crippen LogP contribution >= 0.6 is 7.82 Å². The van der Waals surface area contributed by atoms with Crippen LogP contribution in [0.5, 0.6) is 0 Å². The number of rotatable bonds is 0. The molecular weight excluding hydrogens is 275 g/mol. The molecule has 0 spiro atoms. The van der Waals surface area contributed by atoms with Crippen LogP contribution in [-0.4, -0.2) is 14.7 Å². The van der Waals surface area contributed by atoms with E-state index in [1.807, 2.05) is 0 Å². The minimum atomic E-state index is -4.64. The summed E-state index contributed by atoms with van der Waals surface area (Å²) in [6, 6.07) is 0. The molecule has 9 heavy (non-hydrogen) atoms. The minimum Gasteiger partial charge on any atom is -1.00 e. The molecule has 61 valence electrons. The van der Waals surface area contributed by atoms with E-state index < -0.39 is 7.82 Å². The zero-order valence-electron chi connectivity index (χ0n) is 5.20. The van der Waals surface area contributed by atoms with Crippen molar-refractivity contribution in [2.45, 2.75) is 0 Å². The van der Waals surface area contributed by atoms with Gasteiger partial charge in [-0.3, -0.25) is 0 Å². The smallest absolute Gasteiger partial charge is 1.00 e. The summed E-state index contributed by atoms with van der Waals surface area (Å²) in [6.45, 7) is 0. The van der Waals surface area contributed by atoms with Crippen LogP contribution in [0.4, 0.5) is 0 Å². The summed E-state index contributed by atoms with van der Waals surface area (Å²) in [5.41, 5.74) is 0. The normalized spacial score (nSPS) is 6.56. The maximum Gasteiger partial charge on any atom is 1.00 e. The Hall–Kier alpha value is 2.23. The third-order valence-electron chi connectivity index (χ3n) is 0. The molecule has 0 aromatic carbocycles. The van der Waals surface area contributed by atoms with Crippen LogP contribution in [-0.2, 0) is 54.9 Å². The van der Waals surface area contributed by atoms with Crippen molar-refractivity contribution >= 4 is 7.82 Å². The molecule has 1 radical (unpaired) electrons. The van der Waals surface area contributed by atoms with Crippen molar-refractivity contribution in [2.24, 2.45) is 0 Å². The Morgan fingerprint density at radius 1 is 1.22 bits per heavy atom. The van der Waals surface area contributed by atoms with Crippen LogP contribution < -0.4 is 18.9 Å². The Labute approximate surface area is 97.1 Å². The second kappa shape index (κ2) is 12.9. The van der Waals surface area contributed by atoms with Gasteiger partial charge in [0.15, 0.2) is 0 Å². The van der Waals surface area contributed by atoms with Gasteiger partial charge in [-0.05, 0) is 0 Å². The van der Waals surface area contributed by atoms with E-state index in [1.54, 1.807) is 0 Å². The molecule has 0 aliphatic heterocycles. The standard InChI is InChI=1S/Co.Fe.Li.Ni.H3O4P.H/c;;;;1-5(2,3)4;/h;;;;(H3,1,2,3,4);/q;;+1;;;-1. The molecule has 0 aromatic rings. The van der Waals surface area contributed by atoms with E-state index in [0.29, 0.717) is 0 Å². The van der Waals surface area contributed by atoms with Crippen LogP contribution in [0.3, 0.4) is 0 Å². The number of phosphoric acid groups is 1. The second-order valence-corrected chi connectivity index (χ2v) is 1.54. The second-order valence-electron chi connectivity index (χ2n) is 0.513. The van der Waals surface area contributed by atoms with Gasteiger partial charge in [0.2, 0.25) is 0 Å². The van der Waals surface area contributed by atoms with Gasteiger partial charge in [-0.25, -0.2) is 4.57 Å². The fourth-order valence-electron chi connectivity index (χ4n) is 0. The summed E-state index contributed by atoms with van der Waals surface area (Å²) in [5.74, 6) is 0. The predicted octanol–water partition coefficient (Wildman–Crippen LogP) is -3.82. The van der Waals surface area contributed by atoms with Crippen molar-refractivity contribution in [1.82, 2.24) is 0 Å². The van der Waals surface area contributed by atoms with Crippen LogP contribution in [0.25, 0.3) is 0 Å². The van der Waals surface area contributed by atoms with Crippen LogP contribution in [0, 0.1) is 0 Å². The summed E-state index contributed by atoms with van der Waals surface area (Å²) < 4.78 is 8.88. The Kier molecular flexibility index (Phi) is 43.3. The Morgan fingerprint density at radius 3 is 1.22 bits per heavy atom. The van der Waals surface area contributed by atoms with Crippen LogP contribution in [0.1, 0.15) is 1.43 Å². The Bertz CT molecular complexity index is 71.4. The number of hydrogen-bond donors (Lipinski definition) is 3. The van der Waals surface area contributed by atoms with E-state index in [9.17, 15) is 0 Å². The molecule has 0 aliphatic rings. The summed E-state index contributed by atoms with van der Waals surface area (Å²) >= 11 is 0. The van der Waals surface area contributed by atoms with E-state index >= 15 is 0 Å². The molecule has 0 fully saturated rings. The fraction of sp³-hybridized carbons (Fsp3) is 0. The van der Waals surface area contributed by atoms with Crippen LogP contribution in [0.2, 0.25) is 0 Å². The molecule has 0 amide bonds. The van der Waals surface area contributed by atoms with Crippen LogP contribution in [0.15, 0.2) is 0 Å². The third-order valence-corrected chi connectivity index (χ3v) is 0. The molecule has 0 heterocycles. The van der Waals surface area contributed by atoms with Gasteiger partial charge in [0.25, 0.3) is 0 Å². The summed E-state index contributed by atoms with van der Waals surface area (Å²) in [4.78, 5) is 21.6. The van der Waals surface area contributed by atoms with E-state index in [0.717, 1.165) is 0 Å². The largest absolute Gasteiger partial charge is 1.00 e. The molecule has 4 nitrogen and oxygen atoms in total. The monoisotopic (exact) mass is 279 g/mol. The minimum absolute atomic E-state index is 0. The Morgan fingerprint density at radius 2 is 1.22 bits per heavy atom. The summed E-state index contributed by atoms with van der Waals surface area (Å²) in [6.07, 6.45) is 0. The third kappa shape index (κ3) is 140. The first kappa shape index (κ1) is 30.3. The Balaban J connectivity index is -0.00000000800. The molecule has 9 heteroatoms.